The van der Waals surface area contributed by atoms with Gasteiger partial charge in [0, 0.05) is 50.9 Å². The van der Waals surface area contributed by atoms with Gasteiger partial charge in [-0.05, 0) is 51.0 Å². The Labute approximate surface area is 177 Å². The molecule has 0 bridgehead atoms. The first kappa shape index (κ1) is 22.2. The number of carbonyl (C=O) groups excluding carboxylic acids is 3. The van der Waals surface area contributed by atoms with E-state index in [9.17, 15) is 22.8 Å². The van der Waals surface area contributed by atoms with Crippen molar-refractivity contribution in [3.8, 4) is 0 Å². The fourth-order valence-corrected chi connectivity index (χ4v) is 4.78. The predicted molar refractivity (Wildman–Crippen MR) is 110 cm³/mol. The lowest BCUT2D eigenvalue weighted by Gasteiger charge is -2.33. The summed E-state index contributed by atoms with van der Waals surface area (Å²) in [6.45, 7) is 5.49. The molecule has 10 heteroatoms. The minimum Gasteiger partial charge on any atom is -0.345 e. The zero-order chi connectivity index (χ0) is 21.9. The first-order chi connectivity index (χ1) is 14.3. The van der Waals surface area contributed by atoms with Gasteiger partial charge >= 0.3 is 11.8 Å². The van der Waals surface area contributed by atoms with Crippen molar-refractivity contribution in [3.63, 3.8) is 0 Å². The molecule has 164 valence electrons. The number of carbonyl (C=O) groups is 3. The van der Waals surface area contributed by atoms with Crippen LogP contribution >= 0.6 is 0 Å². The van der Waals surface area contributed by atoms with Crippen LogP contribution in [0.25, 0.3) is 0 Å². The summed E-state index contributed by atoms with van der Waals surface area (Å²) in [4.78, 5) is 39.7. The highest BCUT2D eigenvalue weighted by Crippen LogP contribution is 2.20. The number of piperazine rings is 1. The van der Waals surface area contributed by atoms with Gasteiger partial charge in [0.25, 0.3) is 5.91 Å². The van der Waals surface area contributed by atoms with E-state index in [0.29, 0.717) is 18.7 Å². The molecule has 1 saturated heterocycles. The van der Waals surface area contributed by atoms with Crippen molar-refractivity contribution in [1.29, 1.82) is 0 Å². The first-order valence-corrected chi connectivity index (χ1v) is 11.7. The maximum absolute atomic E-state index is 12.9. The molecule has 1 saturated carbocycles. The molecule has 9 nitrogen and oxygen atoms in total. The summed E-state index contributed by atoms with van der Waals surface area (Å²) in [5.74, 6) is -1.37. The predicted octanol–water partition coefficient (Wildman–Crippen LogP) is 0.280. The summed E-state index contributed by atoms with van der Waals surface area (Å²) in [5.41, 5.74) is 0.440. The molecule has 2 fully saturated rings. The van der Waals surface area contributed by atoms with Crippen LogP contribution in [0.3, 0.4) is 0 Å². The van der Waals surface area contributed by atoms with Gasteiger partial charge in [0.2, 0.25) is 10.0 Å². The Kier molecular flexibility index (Phi) is 6.77. The second-order valence-electron chi connectivity index (χ2n) is 7.45. The molecule has 30 heavy (non-hydrogen) atoms. The average Bonchev–Trinajstić information content (AvgIpc) is 3.58. The number of rotatable bonds is 6. The van der Waals surface area contributed by atoms with E-state index in [0.717, 1.165) is 12.8 Å². The number of hydrogen-bond acceptors (Lipinski definition) is 5. The fraction of sp³-hybridized carbons (Fsp3) is 0.550. The molecule has 0 unspecified atom stereocenters. The molecule has 0 atom stereocenters. The molecule has 2 aliphatic rings. The Hall–Kier alpha value is -2.46. The van der Waals surface area contributed by atoms with E-state index in [4.69, 9.17) is 0 Å². The van der Waals surface area contributed by atoms with E-state index in [1.165, 1.54) is 33.5 Å². The minimum atomic E-state index is -3.74. The van der Waals surface area contributed by atoms with Gasteiger partial charge in [0.05, 0.1) is 4.90 Å². The Morgan fingerprint density at radius 1 is 1.00 bits per heavy atom. The van der Waals surface area contributed by atoms with E-state index in [-0.39, 0.29) is 43.0 Å². The maximum Gasteiger partial charge on any atom is 0.311 e. The third-order valence-corrected chi connectivity index (χ3v) is 7.34. The Morgan fingerprint density at radius 3 is 2.07 bits per heavy atom. The normalized spacial score (nSPS) is 17.5. The van der Waals surface area contributed by atoms with Crippen LogP contribution in [0.15, 0.2) is 29.2 Å². The lowest BCUT2D eigenvalue weighted by Crippen LogP contribution is -2.53. The Morgan fingerprint density at radius 2 is 1.57 bits per heavy atom. The molecular weight excluding hydrogens is 408 g/mol. The van der Waals surface area contributed by atoms with Crippen molar-refractivity contribution in [2.45, 2.75) is 37.6 Å². The summed E-state index contributed by atoms with van der Waals surface area (Å²) >= 11 is 0. The van der Waals surface area contributed by atoms with Crippen molar-refractivity contribution >= 4 is 27.7 Å². The number of nitrogens with zero attached hydrogens (tertiary/aromatic N) is 3. The van der Waals surface area contributed by atoms with Gasteiger partial charge in [-0.3, -0.25) is 14.4 Å². The van der Waals surface area contributed by atoms with Crippen LogP contribution in [-0.2, 0) is 19.6 Å². The highest BCUT2D eigenvalue weighted by molar-refractivity contribution is 7.89. The molecule has 0 spiro atoms. The number of benzene rings is 1. The van der Waals surface area contributed by atoms with Crippen LogP contribution < -0.4 is 5.32 Å². The van der Waals surface area contributed by atoms with Crippen molar-refractivity contribution in [1.82, 2.24) is 19.4 Å². The van der Waals surface area contributed by atoms with Gasteiger partial charge in [-0.1, -0.05) is 0 Å². The zero-order valence-corrected chi connectivity index (χ0v) is 18.2. The molecule has 3 amide bonds. The van der Waals surface area contributed by atoms with Crippen LogP contribution in [0.1, 0.15) is 37.0 Å². The standard InChI is InChI=1S/C20H28N4O5S/c1-3-22(4-2)19(26)15-5-9-17(10-6-15)30(28,29)24-13-11-23(12-14-24)20(27)18(25)21-16-7-8-16/h5-6,9-10,16H,3-4,7-8,11-14H2,1-2H3,(H,21,25). The van der Waals surface area contributed by atoms with Crippen LogP contribution in [-0.4, -0.2) is 85.6 Å². The summed E-state index contributed by atoms with van der Waals surface area (Å²) in [5, 5.41) is 2.66. The smallest absolute Gasteiger partial charge is 0.311 e. The van der Waals surface area contributed by atoms with Crippen LogP contribution in [0.5, 0.6) is 0 Å². The zero-order valence-electron chi connectivity index (χ0n) is 17.3. The SMILES string of the molecule is CCN(CC)C(=O)c1ccc(S(=O)(=O)N2CCN(C(=O)C(=O)NC3CC3)CC2)cc1. The van der Waals surface area contributed by atoms with E-state index in [2.05, 4.69) is 5.32 Å². The highest BCUT2D eigenvalue weighted by atomic mass is 32.2. The van der Waals surface area contributed by atoms with Crippen LogP contribution in [0.4, 0.5) is 0 Å². The van der Waals surface area contributed by atoms with E-state index in [1.54, 1.807) is 4.90 Å². The van der Waals surface area contributed by atoms with Crippen molar-refractivity contribution in [2.75, 3.05) is 39.3 Å². The maximum atomic E-state index is 12.9. The lowest BCUT2D eigenvalue weighted by molar-refractivity contribution is -0.146. The summed E-state index contributed by atoms with van der Waals surface area (Å²) < 4.78 is 27.2. The van der Waals surface area contributed by atoms with E-state index < -0.39 is 21.8 Å². The molecule has 0 aromatic heterocycles. The van der Waals surface area contributed by atoms with Gasteiger partial charge < -0.3 is 15.1 Å². The second-order valence-corrected chi connectivity index (χ2v) is 9.38. The molecule has 1 heterocycles. The van der Waals surface area contributed by atoms with E-state index in [1.807, 2.05) is 13.8 Å². The molecule has 0 radical (unpaired) electrons. The molecule has 1 aromatic rings. The fourth-order valence-electron chi connectivity index (χ4n) is 3.36. The number of amides is 3. The summed E-state index contributed by atoms with van der Waals surface area (Å²) in [7, 11) is -3.74. The number of hydrogen-bond donors (Lipinski definition) is 1. The van der Waals surface area contributed by atoms with Gasteiger partial charge in [-0.2, -0.15) is 4.31 Å². The molecule has 1 N–H and O–H groups in total. The van der Waals surface area contributed by atoms with E-state index >= 15 is 0 Å². The quantitative estimate of drug-likeness (QED) is 0.645. The van der Waals surface area contributed by atoms with Gasteiger partial charge in [0.15, 0.2) is 0 Å². The number of nitrogens with one attached hydrogen (secondary N) is 1. The van der Waals surface area contributed by atoms with Crippen LogP contribution in [0, 0.1) is 0 Å². The monoisotopic (exact) mass is 436 g/mol. The topological polar surface area (TPSA) is 107 Å². The third kappa shape index (κ3) is 4.81. The highest BCUT2D eigenvalue weighted by Gasteiger charge is 2.34. The molecule has 1 aromatic carbocycles. The summed E-state index contributed by atoms with van der Waals surface area (Å²) in [6.07, 6.45) is 1.79. The van der Waals surface area contributed by atoms with Crippen LogP contribution in [0.2, 0.25) is 0 Å². The number of sulfonamides is 1. The van der Waals surface area contributed by atoms with Crippen molar-refractivity contribution in [3.05, 3.63) is 29.8 Å². The largest absolute Gasteiger partial charge is 0.345 e. The van der Waals surface area contributed by atoms with Crippen molar-refractivity contribution in [2.24, 2.45) is 0 Å². The minimum absolute atomic E-state index is 0.0969. The van der Waals surface area contributed by atoms with Crippen molar-refractivity contribution < 1.29 is 22.8 Å². The molecule has 3 rings (SSSR count). The molecule has 1 aliphatic carbocycles. The first-order valence-electron chi connectivity index (χ1n) is 10.3. The molecular formula is C20H28N4O5S. The Balaban J connectivity index is 1.61. The lowest BCUT2D eigenvalue weighted by atomic mass is 10.2. The van der Waals surface area contributed by atoms with Gasteiger partial charge in [0.1, 0.15) is 0 Å². The van der Waals surface area contributed by atoms with Gasteiger partial charge in [-0.15, -0.1) is 0 Å². The van der Waals surface area contributed by atoms with Gasteiger partial charge in [-0.25, -0.2) is 8.42 Å². The Bertz CT molecular complexity index is 900. The molecule has 1 aliphatic heterocycles. The third-order valence-electron chi connectivity index (χ3n) is 5.42. The summed E-state index contributed by atoms with van der Waals surface area (Å²) in [6, 6.07) is 6.02. The second kappa shape index (κ2) is 9.13. The average molecular weight is 437 g/mol.